The topological polar surface area (TPSA) is 71.8 Å². The Bertz CT molecular complexity index is 732. The van der Waals surface area contributed by atoms with Crippen LogP contribution in [0.15, 0.2) is 47.1 Å². The molecule has 0 aliphatic carbocycles. The molecule has 0 saturated heterocycles. The fourth-order valence-corrected chi connectivity index (χ4v) is 2.42. The van der Waals surface area contributed by atoms with Gasteiger partial charge in [-0.05, 0) is 45.9 Å². The summed E-state index contributed by atoms with van der Waals surface area (Å²) in [6.45, 7) is 8.11. The maximum Gasteiger partial charge on any atom is 0.290 e. The normalized spacial score (nSPS) is 11.1. The van der Waals surface area contributed by atoms with Crippen LogP contribution in [0.25, 0.3) is 0 Å². The molecule has 0 fully saturated rings. The molecule has 0 spiro atoms. The van der Waals surface area contributed by atoms with E-state index in [9.17, 15) is 9.59 Å². The molecule has 0 radical (unpaired) electrons. The minimum Gasteiger partial charge on any atom is -0.489 e. The lowest BCUT2D eigenvalue weighted by atomic mass is 10.1. The van der Waals surface area contributed by atoms with E-state index in [1.165, 1.54) is 11.2 Å². The van der Waals surface area contributed by atoms with E-state index >= 15 is 0 Å². The molecular weight excluding hydrogens is 332 g/mol. The third-order valence-corrected chi connectivity index (χ3v) is 3.60. The van der Waals surface area contributed by atoms with Crippen molar-refractivity contribution in [2.24, 2.45) is 0 Å². The second-order valence-corrected chi connectivity index (χ2v) is 6.99. The highest BCUT2D eigenvalue weighted by atomic mass is 16.5. The van der Waals surface area contributed by atoms with Gasteiger partial charge in [0, 0.05) is 17.6 Å². The van der Waals surface area contributed by atoms with Crippen molar-refractivity contribution < 1.29 is 18.7 Å². The number of amides is 2. The van der Waals surface area contributed by atoms with Crippen molar-refractivity contribution >= 4 is 11.8 Å². The summed E-state index contributed by atoms with van der Waals surface area (Å²) < 4.78 is 11.1. The van der Waals surface area contributed by atoms with Crippen LogP contribution in [-0.2, 0) is 11.4 Å². The first-order valence-corrected chi connectivity index (χ1v) is 8.64. The highest BCUT2D eigenvalue weighted by Crippen LogP contribution is 2.17. The maximum absolute atomic E-state index is 12.8. The minimum absolute atomic E-state index is 0.0215. The molecule has 1 heterocycles. The van der Waals surface area contributed by atoms with Crippen LogP contribution in [0.2, 0.25) is 0 Å². The van der Waals surface area contributed by atoms with Crippen molar-refractivity contribution in [2.45, 2.75) is 39.8 Å². The quantitative estimate of drug-likeness (QED) is 0.825. The summed E-state index contributed by atoms with van der Waals surface area (Å²) in [4.78, 5) is 26.4. The van der Waals surface area contributed by atoms with Gasteiger partial charge in [0.1, 0.15) is 12.4 Å². The Hall–Kier alpha value is -2.76. The molecule has 6 heteroatoms. The van der Waals surface area contributed by atoms with Gasteiger partial charge < -0.3 is 19.4 Å². The monoisotopic (exact) mass is 358 g/mol. The zero-order valence-electron chi connectivity index (χ0n) is 15.7. The number of hydrogen-bond acceptors (Lipinski definition) is 4. The van der Waals surface area contributed by atoms with Crippen molar-refractivity contribution in [3.8, 4) is 5.75 Å². The Kier molecular flexibility index (Phi) is 6.44. The molecular formula is C20H26N2O4. The van der Waals surface area contributed by atoms with Crippen LogP contribution in [-0.4, -0.2) is 35.3 Å². The number of furan rings is 1. The molecule has 0 bridgehead atoms. The van der Waals surface area contributed by atoms with Gasteiger partial charge in [-0.2, -0.15) is 0 Å². The van der Waals surface area contributed by atoms with E-state index in [0.717, 1.165) is 0 Å². The van der Waals surface area contributed by atoms with Gasteiger partial charge in [-0.15, -0.1) is 0 Å². The summed E-state index contributed by atoms with van der Waals surface area (Å²) in [5.41, 5.74) is 0.298. The molecule has 2 amide bonds. The van der Waals surface area contributed by atoms with E-state index in [0.29, 0.717) is 17.9 Å². The van der Waals surface area contributed by atoms with Gasteiger partial charge in [-0.1, -0.05) is 18.2 Å². The van der Waals surface area contributed by atoms with Crippen LogP contribution in [0.3, 0.4) is 0 Å². The number of benzene rings is 1. The van der Waals surface area contributed by atoms with Gasteiger partial charge in [-0.25, -0.2) is 0 Å². The summed E-state index contributed by atoms with van der Waals surface area (Å²) in [6.07, 6.45) is 1.46. The lowest BCUT2D eigenvalue weighted by Crippen LogP contribution is -2.47. The van der Waals surface area contributed by atoms with Gasteiger partial charge in [0.15, 0.2) is 5.76 Å². The Morgan fingerprint density at radius 3 is 2.46 bits per heavy atom. The Balaban J connectivity index is 2.03. The van der Waals surface area contributed by atoms with Crippen LogP contribution in [0.4, 0.5) is 0 Å². The fourth-order valence-electron chi connectivity index (χ4n) is 2.42. The molecule has 0 unspecified atom stereocenters. The van der Waals surface area contributed by atoms with Crippen LogP contribution < -0.4 is 10.1 Å². The zero-order valence-corrected chi connectivity index (χ0v) is 15.7. The number of likely N-dealkylation sites (N-methyl/N-ethyl adjacent to an activating group) is 1. The largest absolute Gasteiger partial charge is 0.489 e. The Morgan fingerprint density at radius 2 is 1.85 bits per heavy atom. The fraction of sp³-hybridized carbons (Fsp3) is 0.400. The van der Waals surface area contributed by atoms with Crippen molar-refractivity contribution in [2.75, 3.05) is 13.1 Å². The van der Waals surface area contributed by atoms with E-state index < -0.39 is 0 Å². The molecule has 2 aromatic rings. The molecule has 1 aromatic carbocycles. The molecule has 0 aliphatic rings. The van der Waals surface area contributed by atoms with Crippen molar-refractivity contribution in [1.29, 1.82) is 0 Å². The van der Waals surface area contributed by atoms with Gasteiger partial charge in [-0.3, -0.25) is 9.59 Å². The number of ether oxygens (including phenoxy) is 1. The SMILES string of the molecule is CCN(CC(=O)NC(C)(C)C)C(=O)c1occc1COc1ccccc1. The van der Waals surface area contributed by atoms with Gasteiger partial charge in [0.2, 0.25) is 5.91 Å². The number of nitrogens with zero attached hydrogens (tertiary/aromatic N) is 1. The van der Waals surface area contributed by atoms with E-state index in [1.807, 2.05) is 58.0 Å². The van der Waals surface area contributed by atoms with Crippen LogP contribution in [0, 0.1) is 0 Å². The lowest BCUT2D eigenvalue weighted by molar-refractivity contribution is -0.123. The first-order chi connectivity index (χ1) is 12.3. The van der Waals surface area contributed by atoms with Crippen molar-refractivity contribution in [3.63, 3.8) is 0 Å². The number of carbonyl (C=O) groups excluding carboxylic acids is 2. The Morgan fingerprint density at radius 1 is 1.15 bits per heavy atom. The predicted octanol–water partition coefficient (Wildman–Crippen LogP) is 3.24. The molecule has 26 heavy (non-hydrogen) atoms. The molecule has 2 rings (SSSR count). The molecule has 0 aliphatic heterocycles. The minimum atomic E-state index is -0.348. The maximum atomic E-state index is 12.8. The molecule has 0 atom stereocenters. The smallest absolute Gasteiger partial charge is 0.290 e. The highest BCUT2D eigenvalue weighted by Gasteiger charge is 2.24. The first kappa shape index (κ1) is 19.6. The standard InChI is InChI=1S/C20H26N2O4/c1-5-22(13-17(23)21-20(2,3)4)19(24)18-15(11-12-25-18)14-26-16-9-7-6-8-10-16/h6-12H,5,13-14H2,1-4H3,(H,21,23). The average Bonchev–Trinajstić information content (AvgIpc) is 3.05. The molecule has 6 nitrogen and oxygen atoms in total. The highest BCUT2D eigenvalue weighted by molar-refractivity contribution is 5.95. The van der Waals surface area contributed by atoms with E-state index in [-0.39, 0.29) is 36.3 Å². The summed E-state index contributed by atoms with van der Waals surface area (Å²) in [6, 6.07) is 11.1. The Labute approximate surface area is 154 Å². The number of para-hydroxylation sites is 1. The van der Waals surface area contributed by atoms with Crippen LogP contribution >= 0.6 is 0 Å². The van der Waals surface area contributed by atoms with Crippen molar-refractivity contribution in [3.05, 3.63) is 54.0 Å². The molecule has 1 aromatic heterocycles. The number of carbonyl (C=O) groups is 2. The van der Waals surface area contributed by atoms with E-state index in [1.54, 1.807) is 6.07 Å². The lowest BCUT2D eigenvalue weighted by Gasteiger charge is -2.24. The number of nitrogens with one attached hydrogen (secondary N) is 1. The second kappa shape index (κ2) is 8.56. The average molecular weight is 358 g/mol. The molecule has 140 valence electrons. The summed E-state index contributed by atoms with van der Waals surface area (Å²) in [5.74, 6) is 0.380. The summed E-state index contributed by atoms with van der Waals surface area (Å²) >= 11 is 0. The summed E-state index contributed by atoms with van der Waals surface area (Å²) in [5, 5.41) is 2.86. The molecule has 0 saturated carbocycles. The summed E-state index contributed by atoms with van der Waals surface area (Å²) in [7, 11) is 0. The van der Waals surface area contributed by atoms with Gasteiger partial charge >= 0.3 is 0 Å². The van der Waals surface area contributed by atoms with Crippen LogP contribution in [0.1, 0.15) is 43.8 Å². The third-order valence-electron chi connectivity index (χ3n) is 3.60. The third kappa shape index (κ3) is 5.65. The van der Waals surface area contributed by atoms with Crippen molar-refractivity contribution in [1.82, 2.24) is 10.2 Å². The van der Waals surface area contributed by atoms with E-state index in [2.05, 4.69) is 5.32 Å². The molecule has 1 N–H and O–H groups in total. The predicted molar refractivity (Wildman–Crippen MR) is 99.0 cm³/mol. The van der Waals surface area contributed by atoms with Gasteiger partial charge in [0.05, 0.1) is 12.8 Å². The second-order valence-electron chi connectivity index (χ2n) is 6.99. The number of hydrogen-bond donors (Lipinski definition) is 1. The zero-order chi connectivity index (χ0) is 19.2. The first-order valence-electron chi connectivity index (χ1n) is 8.64. The number of rotatable bonds is 7. The van der Waals surface area contributed by atoms with Crippen LogP contribution in [0.5, 0.6) is 5.75 Å². The van der Waals surface area contributed by atoms with Gasteiger partial charge in [0.25, 0.3) is 5.91 Å². The van der Waals surface area contributed by atoms with E-state index in [4.69, 9.17) is 9.15 Å².